The van der Waals surface area contributed by atoms with E-state index in [0.29, 0.717) is 0 Å². The highest BCUT2D eigenvalue weighted by molar-refractivity contribution is 7.80. The fourth-order valence-corrected chi connectivity index (χ4v) is 2.84. The highest BCUT2D eigenvalue weighted by Gasteiger charge is 2.31. The fraction of sp³-hybridized carbons (Fsp3) is 1.00. The first-order valence-corrected chi connectivity index (χ1v) is 7.31. The maximum absolute atomic E-state index is 10.3. The highest BCUT2D eigenvalue weighted by atomic mass is 32.1. The number of hydrogen-bond donors (Lipinski definition) is 2. The van der Waals surface area contributed by atoms with Crippen LogP contribution in [0.1, 0.15) is 51.4 Å². The van der Waals surface area contributed by atoms with Gasteiger partial charge in [-0.1, -0.05) is 25.7 Å². The van der Waals surface area contributed by atoms with Crippen LogP contribution in [-0.2, 0) is 0 Å². The topological polar surface area (TPSA) is 23.5 Å². The van der Waals surface area contributed by atoms with Crippen molar-refractivity contribution >= 4 is 12.6 Å². The molecule has 2 nitrogen and oxygen atoms in total. The molecule has 1 aliphatic carbocycles. The van der Waals surface area contributed by atoms with Crippen molar-refractivity contribution in [1.29, 1.82) is 0 Å². The van der Waals surface area contributed by atoms with E-state index in [1.165, 1.54) is 38.5 Å². The minimum atomic E-state index is -0.375. The van der Waals surface area contributed by atoms with E-state index in [2.05, 4.69) is 24.6 Å². The average molecular weight is 245 g/mol. The SMILES string of the molecule is CN(CCCCCCS)CC1(O)CCCC1. The third kappa shape index (κ3) is 5.55. The summed E-state index contributed by atoms with van der Waals surface area (Å²) < 4.78 is 0. The largest absolute Gasteiger partial charge is 0.389 e. The third-order valence-electron chi connectivity index (χ3n) is 3.55. The zero-order chi connectivity index (χ0) is 11.9. The van der Waals surface area contributed by atoms with E-state index < -0.39 is 0 Å². The first kappa shape index (κ1) is 14.3. The zero-order valence-corrected chi connectivity index (χ0v) is 11.5. The normalized spacial score (nSPS) is 19.5. The molecule has 1 aliphatic rings. The Bertz CT molecular complexity index is 181. The molecule has 1 saturated carbocycles. The Morgan fingerprint density at radius 2 is 1.75 bits per heavy atom. The lowest BCUT2D eigenvalue weighted by atomic mass is 10.0. The van der Waals surface area contributed by atoms with Crippen LogP contribution in [0, 0.1) is 0 Å². The van der Waals surface area contributed by atoms with Gasteiger partial charge in [0.2, 0.25) is 0 Å². The smallest absolute Gasteiger partial charge is 0.0774 e. The Morgan fingerprint density at radius 3 is 2.38 bits per heavy atom. The van der Waals surface area contributed by atoms with Gasteiger partial charge in [0, 0.05) is 6.54 Å². The van der Waals surface area contributed by atoms with Gasteiger partial charge in [0.15, 0.2) is 0 Å². The number of likely N-dealkylation sites (N-methyl/N-ethyl adjacent to an activating group) is 1. The van der Waals surface area contributed by atoms with Crippen molar-refractivity contribution in [3.63, 3.8) is 0 Å². The minimum absolute atomic E-state index is 0.375. The molecule has 0 radical (unpaired) electrons. The summed E-state index contributed by atoms with van der Waals surface area (Å²) in [5.41, 5.74) is -0.375. The van der Waals surface area contributed by atoms with Gasteiger partial charge in [-0.05, 0) is 45.0 Å². The van der Waals surface area contributed by atoms with Gasteiger partial charge in [-0.25, -0.2) is 0 Å². The van der Waals surface area contributed by atoms with E-state index in [1.54, 1.807) is 0 Å². The molecular formula is C13H27NOS. The third-order valence-corrected chi connectivity index (χ3v) is 3.86. The first-order valence-electron chi connectivity index (χ1n) is 6.68. The molecule has 0 spiro atoms. The van der Waals surface area contributed by atoms with Crippen LogP contribution in [0.5, 0.6) is 0 Å². The second-order valence-electron chi connectivity index (χ2n) is 5.31. The Morgan fingerprint density at radius 1 is 1.12 bits per heavy atom. The van der Waals surface area contributed by atoms with Crippen molar-refractivity contribution in [2.75, 3.05) is 25.9 Å². The minimum Gasteiger partial charge on any atom is -0.389 e. The van der Waals surface area contributed by atoms with Gasteiger partial charge in [0.1, 0.15) is 0 Å². The lowest BCUT2D eigenvalue weighted by Gasteiger charge is -2.28. The number of rotatable bonds is 8. The molecule has 16 heavy (non-hydrogen) atoms. The molecule has 0 unspecified atom stereocenters. The fourth-order valence-electron chi connectivity index (χ4n) is 2.62. The van der Waals surface area contributed by atoms with E-state index in [-0.39, 0.29) is 5.60 Å². The van der Waals surface area contributed by atoms with Crippen LogP contribution in [0.4, 0.5) is 0 Å². The van der Waals surface area contributed by atoms with Crippen LogP contribution in [0.25, 0.3) is 0 Å². The maximum atomic E-state index is 10.3. The second-order valence-corrected chi connectivity index (χ2v) is 5.75. The summed E-state index contributed by atoms with van der Waals surface area (Å²) in [4.78, 5) is 2.30. The lowest BCUT2D eigenvalue weighted by Crippen LogP contribution is -2.39. The van der Waals surface area contributed by atoms with Gasteiger partial charge in [-0.2, -0.15) is 12.6 Å². The molecule has 0 amide bonds. The van der Waals surface area contributed by atoms with Crippen molar-refractivity contribution in [2.24, 2.45) is 0 Å². The van der Waals surface area contributed by atoms with Gasteiger partial charge in [-0.3, -0.25) is 0 Å². The average Bonchev–Trinajstić information content (AvgIpc) is 2.64. The molecule has 1 N–H and O–H groups in total. The standard InChI is InChI=1S/C13H27NOS/c1-14(10-6-2-3-7-11-16)12-13(15)8-4-5-9-13/h15-16H,2-12H2,1H3. The first-order chi connectivity index (χ1) is 7.66. The van der Waals surface area contributed by atoms with E-state index in [1.807, 2.05) is 0 Å². The van der Waals surface area contributed by atoms with Crippen LogP contribution >= 0.6 is 12.6 Å². The molecular weight excluding hydrogens is 218 g/mol. The number of hydrogen-bond acceptors (Lipinski definition) is 3. The van der Waals surface area contributed by atoms with E-state index >= 15 is 0 Å². The van der Waals surface area contributed by atoms with Gasteiger partial charge in [0.25, 0.3) is 0 Å². The molecule has 1 rings (SSSR count). The van der Waals surface area contributed by atoms with Crippen molar-refractivity contribution in [3.8, 4) is 0 Å². The summed E-state index contributed by atoms with van der Waals surface area (Å²) in [6, 6.07) is 0. The summed E-state index contributed by atoms with van der Waals surface area (Å²) in [7, 11) is 2.13. The van der Waals surface area contributed by atoms with Crippen LogP contribution in [0.15, 0.2) is 0 Å². The summed E-state index contributed by atoms with van der Waals surface area (Å²) in [6.45, 7) is 1.98. The van der Waals surface area contributed by atoms with Gasteiger partial charge >= 0.3 is 0 Å². The van der Waals surface area contributed by atoms with Gasteiger partial charge in [0.05, 0.1) is 5.60 Å². The molecule has 0 aromatic heterocycles. The van der Waals surface area contributed by atoms with E-state index in [4.69, 9.17) is 0 Å². The van der Waals surface area contributed by atoms with Crippen LogP contribution < -0.4 is 0 Å². The predicted octanol–water partition coefficient (Wildman–Crippen LogP) is 2.71. The van der Waals surface area contributed by atoms with Crippen molar-refractivity contribution in [3.05, 3.63) is 0 Å². The molecule has 1 fully saturated rings. The maximum Gasteiger partial charge on any atom is 0.0774 e. The van der Waals surface area contributed by atoms with Crippen LogP contribution in [-0.4, -0.2) is 41.5 Å². The second kappa shape index (κ2) is 7.57. The lowest BCUT2D eigenvalue weighted by molar-refractivity contribution is 0.0161. The number of nitrogens with zero attached hydrogens (tertiary/aromatic N) is 1. The van der Waals surface area contributed by atoms with Gasteiger partial charge < -0.3 is 10.0 Å². The van der Waals surface area contributed by atoms with Crippen molar-refractivity contribution < 1.29 is 5.11 Å². The van der Waals surface area contributed by atoms with Crippen molar-refractivity contribution in [2.45, 2.75) is 57.0 Å². The molecule has 96 valence electrons. The summed E-state index contributed by atoms with van der Waals surface area (Å²) in [5, 5.41) is 10.3. The quantitative estimate of drug-likeness (QED) is 0.507. The number of thiol groups is 1. The summed E-state index contributed by atoms with van der Waals surface area (Å²) >= 11 is 4.21. The van der Waals surface area contributed by atoms with Crippen molar-refractivity contribution in [1.82, 2.24) is 4.90 Å². The van der Waals surface area contributed by atoms with Gasteiger partial charge in [-0.15, -0.1) is 0 Å². The highest BCUT2D eigenvalue weighted by Crippen LogP contribution is 2.29. The summed E-state index contributed by atoms with van der Waals surface area (Å²) in [6.07, 6.45) is 9.47. The monoisotopic (exact) mass is 245 g/mol. The molecule has 0 heterocycles. The molecule has 0 aromatic rings. The predicted molar refractivity (Wildman–Crippen MR) is 73.2 cm³/mol. The molecule has 0 saturated heterocycles. The molecule has 0 aromatic carbocycles. The number of aliphatic hydroxyl groups is 1. The molecule has 3 heteroatoms. The molecule has 0 atom stereocenters. The van der Waals surface area contributed by atoms with Crippen LogP contribution in [0.2, 0.25) is 0 Å². The Kier molecular flexibility index (Phi) is 6.78. The molecule has 0 aliphatic heterocycles. The zero-order valence-electron chi connectivity index (χ0n) is 10.6. The molecule has 0 bridgehead atoms. The number of unbranched alkanes of at least 4 members (excludes halogenated alkanes) is 3. The Hall–Kier alpha value is 0.270. The van der Waals surface area contributed by atoms with Crippen LogP contribution in [0.3, 0.4) is 0 Å². The van der Waals surface area contributed by atoms with E-state index in [0.717, 1.165) is 31.7 Å². The Labute approximate surface area is 106 Å². The summed E-state index contributed by atoms with van der Waals surface area (Å²) in [5.74, 6) is 1.01. The van der Waals surface area contributed by atoms with E-state index in [9.17, 15) is 5.11 Å². The Balaban J connectivity index is 2.04.